The van der Waals surface area contributed by atoms with Crippen LogP contribution in [-0.2, 0) is 19.1 Å². The maximum atomic E-state index is 12.4. The molecule has 0 aromatic rings. The molecule has 2 amide bonds. The average molecular weight is 352 g/mol. The molecule has 0 heterocycles. The molecule has 2 N–H and O–H groups in total. The van der Waals surface area contributed by atoms with Crippen LogP contribution in [0.25, 0.3) is 0 Å². The normalized spacial score (nSPS) is 20.0. The van der Waals surface area contributed by atoms with Crippen LogP contribution in [0.1, 0.15) is 84.0 Å². The van der Waals surface area contributed by atoms with Crippen LogP contribution in [0.5, 0.6) is 0 Å². The summed E-state index contributed by atoms with van der Waals surface area (Å²) in [6, 6.07) is 0.282. The van der Waals surface area contributed by atoms with Crippen LogP contribution in [-0.4, -0.2) is 36.0 Å². The molecule has 0 spiro atoms. The first-order chi connectivity index (χ1) is 12.0. The zero-order valence-electron chi connectivity index (χ0n) is 15.4. The fraction of sp³-hybridized carbons (Fsp3) is 0.842. The molecule has 6 nitrogen and oxygen atoms in total. The molecule has 0 aromatic heterocycles. The molecule has 0 aliphatic heterocycles. The van der Waals surface area contributed by atoms with Crippen LogP contribution in [0.4, 0.5) is 0 Å². The van der Waals surface area contributed by atoms with Gasteiger partial charge in [0.25, 0.3) is 0 Å². The zero-order chi connectivity index (χ0) is 18.1. The van der Waals surface area contributed by atoms with E-state index in [0.717, 1.165) is 44.9 Å². The molecular formula is C19H32N2O4. The van der Waals surface area contributed by atoms with Crippen molar-refractivity contribution in [3.05, 3.63) is 0 Å². The van der Waals surface area contributed by atoms with Crippen LogP contribution >= 0.6 is 0 Å². The summed E-state index contributed by atoms with van der Waals surface area (Å²) < 4.78 is 5.07. The fourth-order valence-corrected chi connectivity index (χ4v) is 4.02. The Balaban J connectivity index is 1.79. The van der Waals surface area contributed by atoms with Gasteiger partial charge in [-0.05, 0) is 32.6 Å². The molecule has 0 unspecified atom stereocenters. The maximum Gasteiger partial charge on any atom is 0.308 e. The Morgan fingerprint density at radius 2 is 1.60 bits per heavy atom. The number of hydrogen-bond acceptors (Lipinski definition) is 4. The van der Waals surface area contributed by atoms with Crippen molar-refractivity contribution in [2.45, 2.75) is 95.6 Å². The minimum Gasteiger partial charge on any atom is -0.466 e. The topological polar surface area (TPSA) is 84.5 Å². The van der Waals surface area contributed by atoms with E-state index in [0.29, 0.717) is 6.61 Å². The Morgan fingerprint density at radius 1 is 0.960 bits per heavy atom. The molecule has 0 atom stereocenters. The summed E-state index contributed by atoms with van der Waals surface area (Å²) in [7, 11) is 0. The summed E-state index contributed by atoms with van der Waals surface area (Å²) in [5.74, 6) is -0.457. The highest BCUT2D eigenvalue weighted by Crippen LogP contribution is 2.31. The van der Waals surface area contributed by atoms with Crippen molar-refractivity contribution in [3.8, 4) is 0 Å². The second kappa shape index (κ2) is 9.78. The summed E-state index contributed by atoms with van der Waals surface area (Å²) in [6.45, 7) is 2.14. The third-order valence-electron chi connectivity index (χ3n) is 5.30. The van der Waals surface area contributed by atoms with E-state index in [1.165, 1.54) is 12.8 Å². The molecule has 142 valence electrons. The van der Waals surface area contributed by atoms with Crippen LogP contribution < -0.4 is 10.6 Å². The van der Waals surface area contributed by atoms with Crippen molar-refractivity contribution in [1.29, 1.82) is 0 Å². The standard InChI is InChI=1S/C19H32N2O4/c1-2-25-18(24)14-19(12-6-3-7-13-19)21-17(23)11-10-16(22)20-15-8-4-5-9-15/h15H,2-14H2,1H3,(H,20,22)(H,21,23). The van der Waals surface area contributed by atoms with Crippen molar-refractivity contribution in [1.82, 2.24) is 10.6 Å². The van der Waals surface area contributed by atoms with Gasteiger partial charge in [-0.1, -0.05) is 32.1 Å². The van der Waals surface area contributed by atoms with Crippen molar-refractivity contribution in [3.63, 3.8) is 0 Å². The molecule has 0 radical (unpaired) electrons. The molecule has 6 heteroatoms. The molecule has 2 saturated carbocycles. The van der Waals surface area contributed by atoms with E-state index in [4.69, 9.17) is 4.74 Å². The highest BCUT2D eigenvalue weighted by Gasteiger charge is 2.36. The van der Waals surface area contributed by atoms with Crippen molar-refractivity contribution in [2.24, 2.45) is 0 Å². The lowest BCUT2D eigenvalue weighted by Gasteiger charge is -2.37. The summed E-state index contributed by atoms with van der Waals surface area (Å²) in [4.78, 5) is 36.2. The fourth-order valence-electron chi connectivity index (χ4n) is 4.02. The monoisotopic (exact) mass is 352 g/mol. The average Bonchev–Trinajstić information content (AvgIpc) is 3.06. The van der Waals surface area contributed by atoms with Crippen molar-refractivity contribution in [2.75, 3.05) is 6.61 Å². The molecule has 2 aliphatic carbocycles. The lowest BCUT2D eigenvalue weighted by molar-refractivity contribution is -0.145. The Kier molecular flexibility index (Phi) is 7.72. The van der Waals surface area contributed by atoms with Gasteiger partial charge in [-0.15, -0.1) is 0 Å². The minimum atomic E-state index is -0.497. The van der Waals surface area contributed by atoms with E-state index in [1.54, 1.807) is 6.92 Å². The first-order valence-electron chi connectivity index (χ1n) is 9.79. The van der Waals surface area contributed by atoms with Gasteiger partial charge in [-0.25, -0.2) is 0 Å². The molecule has 0 saturated heterocycles. The number of rotatable bonds is 8. The van der Waals surface area contributed by atoms with Crippen LogP contribution in [0, 0.1) is 0 Å². The number of carbonyl (C=O) groups is 3. The third-order valence-corrected chi connectivity index (χ3v) is 5.30. The van der Waals surface area contributed by atoms with Crippen LogP contribution in [0.3, 0.4) is 0 Å². The predicted octanol–water partition coefficient (Wildman–Crippen LogP) is 2.60. The van der Waals surface area contributed by atoms with Gasteiger partial charge in [0.2, 0.25) is 11.8 Å². The minimum absolute atomic E-state index is 0.0508. The van der Waals surface area contributed by atoms with E-state index in [-0.39, 0.29) is 43.1 Å². The lowest BCUT2D eigenvalue weighted by atomic mass is 9.79. The Bertz CT molecular complexity index is 466. The number of nitrogens with one attached hydrogen (secondary N) is 2. The largest absolute Gasteiger partial charge is 0.466 e. The van der Waals surface area contributed by atoms with E-state index < -0.39 is 5.54 Å². The number of amides is 2. The van der Waals surface area contributed by atoms with Gasteiger partial charge in [0.15, 0.2) is 0 Å². The summed E-state index contributed by atoms with van der Waals surface area (Å²) in [6.07, 6.45) is 9.75. The Morgan fingerprint density at radius 3 is 2.24 bits per heavy atom. The van der Waals surface area contributed by atoms with Gasteiger partial charge < -0.3 is 15.4 Å². The quantitative estimate of drug-likeness (QED) is 0.658. The molecule has 2 fully saturated rings. The Labute approximate surface area is 150 Å². The smallest absolute Gasteiger partial charge is 0.308 e. The summed E-state index contributed by atoms with van der Waals surface area (Å²) in [5.41, 5.74) is -0.497. The van der Waals surface area contributed by atoms with Gasteiger partial charge in [-0.3, -0.25) is 14.4 Å². The molecule has 0 aromatic carbocycles. The third kappa shape index (κ3) is 6.67. The van der Waals surface area contributed by atoms with Gasteiger partial charge >= 0.3 is 5.97 Å². The van der Waals surface area contributed by atoms with Crippen LogP contribution in [0.2, 0.25) is 0 Å². The second-order valence-electron chi connectivity index (χ2n) is 7.42. The second-order valence-corrected chi connectivity index (χ2v) is 7.42. The van der Waals surface area contributed by atoms with E-state index in [2.05, 4.69) is 10.6 Å². The Hall–Kier alpha value is -1.59. The number of carbonyl (C=O) groups excluding carboxylic acids is 3. The SMILES string of the molecule is CCOC(=O)CC1(NC(=O)CCC(=O)NC2CCCC2)CCCCC1. The molecule has 25 heavy (non-hydrogen) atoms. The summed E-state index contributed by atoms with van der Waals surface area (Å²) in [5, 5.41) is 6.05. The number of esters is 1. The highest BCUT2D eigenvalue weighted by molar-refractivity contribution is 5.84. The van der Waals surface area contributed by atoms with Crippen LogP contribution in [0.15, 0.2) is 0 Å². The van der Waals surface area contributed by atoms with Gasteiger partial charge in [0.05, 0.1) is 18.6 Å². The predicted molar refractivity (Wildman–Crippen MR) is 94.8 cm³/mol. The molecule has 2 rings (SSSR count). The van der Waals surface area contributed by atoms with Crippen molar-refractivity contribution >= 4 is 17.8 Å². The van der Waals surface area contributed by atoms with E-state index in [9.17, 15) is 14.4 Å². The first-order valence-corrected chi connectivity index (χ1v) is 9.79. The van der Waals surface area contributed by atoms with E-state index >= 15 is 0 Å². The molecule has 2 aliphatic rings. The highest BCUT2D eigenvalue weighted by atomic mass is 16.5. The molecule has 0 bridgehead atoms. The maximum absolute atomic E-state index is 12.4. The van der Waals surface area contributed by atoms with Gasteiger partial charge in [0.1, 0.15) is 0 Å². The number of hydrogen-bond donors (Lipinski definition) is 2. The summed E-state index contributed by atoms with van der Waals surface area (Å²) >= 11 is 0. The lowest BCUT2D eigenvalue weighted by Crippen LogP contribution is -2.51. The first kappa shape index (κ1) is 19.7. The molecular weight excluding hydrogens is 320 g/mol. The number of ether oxygens (including phenoxy) is 1. The van der Waals surface area contributed by atoms with E-state index in [1.807, 2.05) is 0 Å². The van der Waals surface area contributed by atoms with Gasteiger partial charge in [-0.2, -0.15) is 0 Å². The zero-order valence-corrected chi connectivity index (χ0v) is 15.4. The van der Waals surface area contributed by atoms with Crippen molar-refractivity contribution < 1.29 is 19.1 Å². The van der Waals surface area contributed by atoms with Gasteiger partial charge in [0, 0.05) is 18.9 Å².